The van der Waals surface area contributed by atoms with Crippen molar-refractivity contribution in [1.29, 1.82) is 0 Å². The molecule has 2 fully saturated rings. The molecule has 1 spiro atoms. The lowest BCUT2D eigenvalue weighted by atomic mass is 9.68. The van der Waals surface area contributed by atoms with E-state index in [1.165, 1.54) is 55.5 Å². The third-order valence-electron chi connectivity index (χ3n) is 9.57. The largest absolute Gasteiger partial charge is 0.338 e. The lowest BCUT2D eigenvalue weighted by Gasteiger charge is -2.46. The maximum absolute atomic E-state index is 6.17. The SMILES string of the molecule is Cc1cc(-c2nc3ccc(Cl)cc3[nH]2)ccc1C1CCC(N2CCC3(C=Cc4ccccc43)C(C)C2)C1. The first kappa shape index (κ1) is 23.3. The van der Waals surface area contributed by atoms with Crippen LogP contribution in [0.3, 0.4) is 0 Å². The fourth-order valence-electron chi connectivity index (χ4n) is 7.53. The smallest absolute Gasteiger partial charge is 0.138 e. The minimum Gasteiger partial charge on any atom is -0.338 e. The van der Waals surface area contributed by atoms with E-state index in [0.717, 1.165) is 27.4 Å². The molecule has 4 aromatic rings. The average molecular weight is 508 g/mol. The molecule has 3 aliphatic rings. The van der Waals surface area contributed by atoms with Crippen molar-refractivity contribution >= 4 is 28.7 Å². The van der Waals surface area contributed by atoms with Gasteiger partial charge >= 0.3 is 0 Å². The van der Waals surface area contributed by atoms with E-state index in [9.17, 15) is 0 Å². The molecule has 37 heavy (non-hydrogen) atoms. The molecule has 188 valence electrons. The Morgan fingerprint density at radius 1 is 1.05 bits per heavy atom. The summed E-state index contributed by atoms with van der Waals surface area (Å²) in [6.07, 6.45) is 9.97. The van der Waals surface area contributed by atoms with Crippen LogP contribution in [-0.2, 0) is 5.41 Å². The highest BCUT2D eigenvalue weighted by Gasteiger charge is 2.45. The van der Waals surface area contributed by atoms with Crippen LogP contribution in [0.25, 0.3) is 28.5 Å². The zero-order valence-electron chi connectivity index (χ0n) is 21.7. The van der Waals surface area contributed by atoms with E-state index in [1.807, 2.05) is 18.2 Å². The Kier molecular flexibility index (Phi) is 5.56. The number of likely N-dealkylation sites (tertiary alicyclic amines) is 1. The van der Waals surface area contributed by atoms with E-state index >= 15 is 0 Å². The molecule has 3 nitrogen and oxygen atoms in total. The van der Waals surface area contributed by atoms with Gasteiger partial charge in [-0.2, -0.15) is 0 Å². The Hall–Kier alpha value is -2.88. The second-order valence-electron chi connectivity index (χ2n) is 11.6. The Morgan fingerprint density at radius 2 is 1.95 bits per heavy atom. The van der Waals surface area contributed by atoms with Crippen molar-refractivity contribution in [3.63, 3.8) is 0 Å². The number of hydrogen-bond donors (Lipinski definition) is 1. The molecule has 0 radical (unpaired) electrons. The molecule has 0 amide bonds. The van der Waals surface area contributed by atoms with Gasteiger partial charge in [-0.3, -0.25) is 0 Å². The van der Waals surface area contributed by atoms with Crippen molar-refractivity contribution in [2.75, 3.05) is 13.1 Å². The van der Waals surface area contributed by atoms with Gasteiger partial charge in [-0.05, 0) is 97.5 Å². The summed E-state index contributed by atoms with van der Waals surface area (Å²) in [7, 11) is 0. The second-order valence-corrected chi connectivity index (χ2v) is 12.0. The van der Waals surface area contributed by atoms with E-state index in [0.29, 0.717) is 17.9 Å². The molecular weight excluding hydrogens is 474 g/mol. The maximum Gasteiger partial charge on any atom is 0.138 e. The number of nitrogens with one attached hydrogen (secondary N) is 1. The van der Waals surface area contributed by atoms with Gasteiger partial charge in [-0.25, -0.2) is 4.98 Å². The van der Waals surface area contributed by atoms with Crippen LogP contribution < -0.4 is 0 Å². The molecule has 2 heterocycles. The van der Waals surface area contributed by atoms with Crippen molar-refractivity contribution < 1.29 is 0 Å². The summed E-state index contributed by atoms with van der Waals surface area (Å²) >= 11 is 6.17. The standard InChI is InChI=1S/C33H34ClN3/c1-21-17-25(32-35-30-12-9-26(34)19-31(30)36-32)8-11-28(21)24-7-10-27(18-24)37-16-15-33(22(2)20-37)14-13-23-5-3-4-6-29(23)33/h3-6,8-9,11-14,17,19,22,24,27H,7,10,15-16,18,20H2,1-2H3,(H,35,36). The lowest BCUT2D eigenvalue weighted by molar-refractivity contribution is 0.0898. The number of H-pyrrole nitrogens is 1. The van der Waals surface area contributed by atoms with Crippen molar-refractivity contribution in [2.24, 2.45) is 5.92 Å². The molecule has 4 unspecified atom stereocenters. The molecule has 1 saturated carbocycles. The van der Waals surface area contributed by atoms with Crippen LogP contribution in [-0.4, -0.2) is 34.0 Å². The maximum atomic E-state index is 6.17. The van der Waals surface area contributed by atoms with Crippen LogP contribution in [0.2, 0.25) is 5.02 Å². The summed E-state index contributed by atoms with van der Waals surface area (Å²) in [4.78, 5) is 11.0. The number of aryl methyl sites for hydroxylation is 1. The number of allylic oxidation sites excluding steroid dienone is 1. The number of halogens is 1. The monoisotopic (exact) mass is 507 g/mol. The molecule has 4 heteroatoms. The predicted molar refractivity (Wildman–Crippen MR) is 154 cm³/mol. The van der Waals surface area contributed by atoms with Crippen LogP contribution in [0.5, 0.6) is 0 Å². The van der Waals surface area contributed by atoms with Crippen molar-refractivity contribution in [3.05, 3.63) is 94.0 Å². The molecule has 1 N–H and O–H groups in total. The van der Waals surface area contributed by atoms with Gasteiger partial charge in [0, 0.05) is 28.6 Å². The minimum absolute atomic E-state index is 0.236. The molecule has 3 aromatic carbocycles. The normalized spacial score (nSPS) is 27.4. The Balaban J connectivity index is 1.05. The summed E-state index contributed by atoms with van der Waals surface area (Å²) in [6.45, 7) is 7.14. The second kappa shape index (κ2) is 8.85. The van der Waals surface area contributed by atoms with Crippen molar-refractivity contribution in [1.82, 2.24) is 14.9 Å². The molecule has 4 atom stereocenters. The van der Waals surface area contributed by atoms with Gasteiger partial charge < -0.3 is 9.88 Å². The predicted octanol–water partition coefficient (Wildman–Crippen LogP) is 8.13. The molecule has 1 aromatic heterocycles. The summed E-state index contributed by atoms with van der Waals surface area (Å²) in [5, 5.41) is 0.729. The zero-order valence-corrected chi connectivity index (χ0v) is 22.4. The van der Waals surface area contributed by atoms with Gasteiger partial charge in [0.2, 0.25) is 0 Å². The summed E-state index contributed by atoms with van der Waals surface area (Å²) < 4.78 is 0. The van der Waals surface area contributed by atoms with Gasteiger partial charge in [0.25, 0.3) is 0 Å². The Bertz CT molecular complexity index is 1520. The fourth-order valence-corrected chi connectivity index (χ4v) is 7.70. The number of fused-ring (bicyclic) bond motifs is 3. The first-order chi connectivity index (χ1) is 18.0. The number of hydrogen-bond acceptors (Lipinski definition) is 2. The fraction of sp³-hybridized carbons (Fsp3) is 0.364. The average Bonchev–Trinajstić information content (AvgIpc) is 3.64. The number of aromatic nitrogens is 2. The topological polar surface area (TPSA) is 31.9 Å². The first-order valence-corrected chi connectivity index (χ1v) is 14.2. The van der Waals surface area contributed by atoms with Gasteiger partial charge in [-0.1, -0.05) is 67.1 Å². The van der Waals surface area contributed by atoms with Gasteiger partial charge in [0.05, 0.1) is 11.0 Å². The van der Waals surface area contributed by atoms with Crippen LogP contribution >= 0.6 is 11.6 Å². The van der Waals surface area contributed by atoms with E-state index in [-0.39, 0.29) is 5.41 Å². The third-order valence-corrected chi connectivity index (χ3v) is 9.81. The number of aromatic amines is 1. The highest BCUT2D eigenvalue weighted by atomic mass is 35.5. The van der Waals surface area contributed by atoms with E-state index in [2.05, 4.69) is 78.3 Å². The van der Waals surface area contributed by atoms with Crippen molar-refractivity contribution in [3.8, 4) is 11.4 Å². The van der Waals surface area contributed by atoms with Gasteiger partial charge in [-0.15, -0.1) is 0 Å². The summed E-state index contributed by atoms with van der Waals surface area (Å²) in [5.41, 5.74) is 9.18. The molecule has 2 aliphatic carbocycles. The van der Waals surface area contributed by atoms with Crippen molar-refractivity contribution in [2.45, 2.75) is 56.9 Å². The Morgan fingerprint density at radius 3 is 2.81 bits per heavy atom. The minimum atomic E-state index is 0.236. The van der Waals surface area contributed by atoms with Crippen LogP contribution in [0.4, 0.5) is 0 Å². The molecule has 7 rings (SSSR count). The van der Waals surface area contributed by atoms with Crippen LogP contribution in [0.1, 0.15) is 60.8 Å². The van der Waals surface area contributed by atoms with E-state index in [1.54, 1.807) is 5.56 Å². The first-order valence-electron chi connectivity index (χ1n) is 13.8. The van der Waals surface area contributed by atoms with Crippen LogP contribution in [0.15, 0.2) is 66.7 Å². The number of piperidine rings is 1. The van der Waals surface area contributed by atoms with E-state index in [4.69, 9.17) is 16.6 Å². The van der Waals surface area contributed by atoms with E-state index < -0.39 is 0 Å². The number of benzene rings is 3. The quantitative estimate of drug-likeness (QED) is 0.303. The molecule has 1 saturated heterocycles. The third kappa shape index (κ3) is 3.86. The zero-order chi connectivity index (χ0) is 25.1. The molecular formula is C33H34ClN3. The summed E-state index contributed by atoms with van der Waals surface area (Å²) in [6, 6.07) is 22.4. The van der Waals surface area contributed by atoms with Crippen LogP contribution in [0, 0.1) is 12.8 Å². The van der Waals surface area contributed by atoms with Gasteiger partial charge in [0.15, 0.2) is 0 Å². The Labute approximate surface area is 224 Å². The number of rotatable bonds is 3. The number of nitrogens with zero attached hydrogens (tertiary/aromatic N) is 2. The van der Waals surface area contributed by atoms with Gasteiger partial charge in [0.1, 0.15) is 5.82 Å². The lowest BCUT2D eigenvalue weighted by Crippen LogP contribution is -2.50. The number of imidazole rings is 1. The highest BCUT2D eigenvalue weighted by molar-refractivity contribution is 6.31. The molecule has 0 bridgehead atoms. The molecule has 1 aliphatic heterocycles. The highest BCUT2D eigenvalue weighted by Crippen LogP contribution is 2.48. The summed E-state index contributed by atoms with van der Waals surface area (Å²) in [5.74, 6) is 2.20.